The lowest BCUT2D eigenvalue weighted by Gasteiger charge is -2.16. The number of rotatable bonds is 1. The first-order valence-corrected chi connectivity index (χ1v) is 6.01. The SMILES string of the molecule is NC1=NN(c2ccnc3cc(C(F)(F)F)ccc23)CC1. The van der Waals surface area contributed by atoms with Crippen molar-refractivity contribution < 1.29 is 13.2 Å². The number of nitrogens with zero attached hydrogens (tertiary/aromatic N) is 3. The summed E-state index contributed by atoms with van der Waals surface area (Å²) in [4.78, 5) is 4.00. The second-order valence-corrected chi connectivity index (χ2v) is 4.52. The molecule has 7 heteroatoms. The van der Waals surface area contributed by atoms with E-state index in [1.807, 2.05) is 0 Å². The van der Waals surface area contributed by atoms with Crippen LogP contribution in [0.25, 0.3) is 10.9 Å². The number of anilines is 1. The van der Waals surface area contributed by atoms with Gasteiger partial charge in [-0.1, -0.05) is 6.07 Å². The van der Waals surface area contributed by atoms with E-state index in [0.717, 1.165) is 12.1 Å². The third kappa shape index (κ3) is 2.15. The molecular weight excluding hydrogens is 269 g/mol. The molecule has 0 saturated carbocycles. The van der Waals surface area contributed by atoms with Gasteiger partial charge in [-0.2, -0.15) is 18.3 Å². The van der Waals surface area contributed by atoms with Gasteiger partial charge < -0.3 is 5.73 Å². The maximum absolute atomic E-state index is 12.7. The molecule has 104 valence electrons. The minimum absolute atomic E-state index is 0.290. The minimum Gasteiger partial charge on any atom is -0.386 e. The highest BCUT2D eigenvalue weighted by molar-refractivity contribution is 5.94. The quantitative estimate of drug-likeness (QED) is 0.873. The predicted octanol–water partition coefficient (Wildman–Crippen LogP) is 2.74. The summed E-state index contributed by atoms with van der Waals surface area (Å²) in [7, 11) is 0. The predicted molar refractivity (Wildman–Crippen MR) is 70.3 cm³/mol. The van der Waals surface area contributed by atoms with Crippen molar-refractivity contribution in [1.82, 2.24) is 4.98 Å². The van der Waals surface area contributed by atoms with E-state index in [4.69, 9.17) is 5.73 Å². The monoisotopic (exact) mass is 280 g/mol. The molecule has 0 amide bonds. The van der Waals surface area contributed by atoms with Crippen LogP contribution in [0.4, 0.5) is 18.9 Å². The highest BCUT2D eigenvalue weighted by Crippen LogP contribution is 2.34. The van der Waals surface area contributed by atoms with Crippen molar-refractivity contribution >= 4 is 22.4 Å². The van der Waals surface area contributed by atoms with Crippen LogP contribution in [0.2, 0.25) is 0 Å². The van der Waals surface area contributed by atoms with E-state index in [-0.39, 0.29) is 5.52 Å². The number of hydrazone groups is 1. The molecule has 0 spiro atoms. The number of fused-ring (bicyclic) bond motifs is 1. The summed E-state index contributed by atoms with van der Waals surface area (Å²) < 4.78 is 38.1. The first-order valence-electron chi connectivity index (χ1n) is 6.01. The molecule has 0 saturated heterocycles. The summed E-state index contributed by atoms with van der Waals surface area (Å²) >= 11 is 0. The summed E-state index contributed by atoms with van der Waals surface area (Å²) in [6, 6.07) is 5.24. The largest absolute Gasteiger partial charge is 0.416 e. The van der Waals surface area contributed by atoms with E-state index in [0.29, 0.717) is 29.9 Å². The Balaban J connectivity index is 2.12. The third-order valence-electron chi connectivity index (χ3n) is 3.15. The van der Waals surface area contributed by atoms with Gasteiger partial charge in [0.2, 0.25) is 0 Å². The molecule has 2 aromatic rings. The van der Waals surface area contributed by atoms with Crippen molar-refractivity contribution in [1.29, 1.82) is 0 Å². The van der Waals surface area contributed by atoms with Gasteiger partial charge in [0.25, 0.3) is 0 Å². The molecular formula is C13H11F3N4. The standard InChI is InChI=1S/C13H11F3N4/c14-13(15,16)8-1-2-9-10(7-8)18-5-3-11(9)20-6-4-12(17)19-20/h1-3,5,7H,4,6H2,(H2,17,19). The van der Waals surface area contributed by atoms with Crippen molar-refractivity contribution in [3.63, 3.8) is 0 Å². The molecule has 20 heavy (non-hydrogen) atoms. The van der Waals surface area contributed by atoms with Gasteiger partial charge in [-0.05, 0) is 18.2 Å². The van der Waals surface area contributed by atoms with Crippen LogP contribution in [-0.2, 0) is 6.18 Å². The fraction of sp³-hybridized carbons (Fsp3) is 0.231. The van der Waals surface area contributed by atoms with Crippen LogP contribution in [0.3, 0.4) is 0 Å². The molecule has 1 aromatic heterocycles. The van der Waals surface area contributed by atoms with Gasteiger partial charge in [0.1, 0.15) is 5.84 Å². The van der Waals surface area contributed by atoms with Gasteiger partial charge in [-0.25, -0.2) is 0 Å². The Kier molecular flexibility index (Phi) is 2.77. The Hall–Kier alpha value is -2.31. The van der Waals surface area contributed by atoms with E-state index in [1.54, 1.807) is 11.1 Å². The summed E-state index contributed by atoms with van der Waals surface area (Å²) in [5, 5.41) is 6.47. The number of hydrogen-bond acceptors (Lipinski definition) is 4. The third-order valence-corrected chi connectivity index (χ3v) is 3.15. The first kappa shape index (κ1) is 12.7. The molecule has 0 fully saturated rings. The maximum Gasteiger partial charge on any atom is 0.416 e. The van der Waals surface area contributed by atoms with Crippen molar-refractivity contribution in [2.75, 3.05) is 11.6 Å². The van der Waals surface area contributed by atoms with Gasteiger partial charge in [-0.3, -0.25) is 9.99 Å². The van der Waals surface area contributed by atoms with Crippen molar-refractivity contribution in [2.45, 2.75) is 12.6 Å². The Morgan fingerprint density at radius 2 is 2.00 bits per heavy atom. The number of nitrogens with two attached hydrogens (primary N) is 1. The van der Waals surface area contributed by atoms with E-state index in [1.165, 1.54) is 12.3 Å². The molecule has 0 aliphatic carbocycles. The first-order chi connectivity index (χ1) is 9.45. The Morgan fingerprint density at radius 1 is 1.20 bits per heavy atom. The van der Waals surface area contributed by atoms with E-state index < -0.39 is 11.7 Å². The van der Waals surface area contributed by atoms with E-state index in [2.05, 4.69) is 10.1 Å². The minimum atomic E-state index is -4.37. The zero-order valence-electron chi connectivity index (χ0n) is 10.4. The Bertz CT molecular complexity index is 694. The number of amidine groups is 1. The number of hydrogen-bond donors (Lipinski definition) is 1. The summed E-state index contributed by atoms with van der Waals surface area (Å²) in [6.45, 7) is 0.617. The lowest BCUT2D eigenvalue weighted by molar-refractivity contribution is -0.137. The number of pyridine rings is 1. The molecule has 2 heterocycles. The zero-order valence-corrected chi connectivity index (χ0v) is 10.4. The normalized spacial score (nSPS) is 15.8. The van der Waals surface area contributed by atoms with Crippen molar-refractivity contribution in [3.05, 3.63) is 36.0 Å². The van der Waals surface area contributed by atoms with Crippen LogP contribution in [0, 0.1) is 0 Å². The van der Waals surface area contributed by atoms with E-state index >= 15 is 0 Å². The van der Waals surface area contributed by atoms with Gasteiger partial charge in [-0.15, -0.1) is 0 Å². The fourth-order valence-electron chi connectivity index (χ4n) is 2.18. The average molecular weight is 280 g/mol. The summed E-state index contributed by atoms with van der Waals surface area (Å²) in [6.07, 6.45) is -2.26. The molecule has 0 atom stereocenters. The number of benzene rings is 1. The topological polar surface area (TPSA) is 54.5 Å². The average Bonchev–Trinajstić information content (AvgIpc) is 2.83. The van der Waals surface area contributed by atoms with Gasteiger partial charge >= 0.3 is 6.18 Å². The fourth-order valence-corrected chi connectivity index (χ4v) is 2.18. The van der Waals surface area contributed by atoms with Crippen LogP contribution in [0.15, 0.2) is 35.6 Å². The van der Waals surface area contributed by atoms with Gasteiger partial charge in [0.15, 0.2) is 0 Å². The van der Waals surface area contributed by atoms with Gasteiger partial charge in [0.05, 0.1) is 16.8 Å². The lowest BCUT2D eigenvalue weighted by atomic mass is 10.1. The molecule has 0 radical (unpaired) electrons. The van der Waals surface area contributed by atoms with E-state index in [9.17, 15) is 13.2 Å². The second kappa shape index (κ2) is 4.36. The van der Waals surface area contributed by atoms with Crippen molar-refractivity contribution in [3.8, 4) is 0 Å². The van der Waals surface area contributed by atoms with Crippen LogP contribution in [-0.4, -0.2) is 17.4 Å². The molecule has 0 bridgehead atoms. The van der Waals surface area contributed by atoms with Crippen LogP contribution in [0.1, 0.15) is 12.0 Å². The highest BCUT2D eigenvalue weighted by Gasteiger charge is 2.30. The molecule has 1 aliphatic rings. The Morgan fingerprint density at radius 3 is 2.65 bits per heavy atom. The number of halogens is 3. The smallest absolute Gasteiger partial charge is 0.386 e. The molecule has 1 aliphatic heterocycles. The van der Waals surface area contributed by atoms with Crippen molar-refractivity contribution in [2.24, 2.45) is 10.8 Å². The van der Waals surface area contributed by atoms with Crippen LogP contribution >= 0.6 is 0 Å². The van der Waals surface area contributed by atoms with Crippen LogP contribution < -0.4 is 10.7 Å². The summed E-state index contributed by atoms with van der Waals surface area (Å²) in [5.74, 6) is 0.516. The molecule has 3 rings (SSSR count). The molecule has 2 N–H and O–H groups in total. The van der Waals surface area contributed by atoms with Crippen LogP contribution in [0.5, 0.6) is 0 Å². The second-order valence-electron chi connectivity index (χ2n) is 4.52. The highest BCUT2D eigenvalue weighted by atomic mass is 19.4. The number of alkyl halides is 3. The van der Waals surface area contributed by atoms with Gasteiger partial charge in [0, 0.05) is 24.5 Å². The molecule has 0 unspecified atom stereocenters. The maximum atomic E-state index is 12.7. The molecule has 1 aromatic carbocycles. The lowest BCUT2D eigenvalue weighted by Crippen LogP contribution is -2.12. The number of aromatic nitrogens is 1. The Labute approximate surface area is 112 Å². The summed E-state index contributed by atoms with van der Waals surface area (Å²) in [5.41, 5.74) is 5.92. The molecule has 4 nitrogen and oxygen atoms in total. The zero-order chi connectivity index (χ0) is 14.3.